The third kappa shape index (κ3) is 5.81. The summed E-state index contributed by atoms with van der Waals surface area (Å²) in [4.78, 5) is 11.4. The second-order valence-corrected chi connectivity index (χ2v) is 5.87. The number of carbonyl (C=O) groups excluding carboxylic acids is 1. The van der Waals surface area contributed by atoms with Crippen LogP contribution in [0.25, 0.3) is 0 Å². The van der Waals surface area contributed by atoms with Crippen molar-refractivity contribution >= 4 is 19.5 Å². The molecule has 1 amide bonds. The van der Waals surface area contributed by atoms with Crippen molar-refractivity contribution in [3.05, 3.63) is 0 Å². The first kappa shape index (κ1) is 16.1. The second kappa shape index (κ2) is 7.42. The van der Waals surface area contributed by atoms with Crippen molar-refractivity contribution in [3.63, 3.8) is 0 Å². The van der Waals surface area contributed by atoms with Crippen molar-refractivity contribution in [3.8, 4) is 0 Å². The topological polar surface area (TPSA) is 114 Å². The molecule has 0 aromatic rings. The van der Waals surface area contributed by atoms with Gasteiger partial charge in [-0.05, 0) is 13.8 Å². The third-order valence-electron chi connectivity index (χ3n) is 1.91. The molecule has 1 unspecified atom stereocenters. The molecule has 0 rings (SSSR count). The lowest BCUT2D eigenvalue weighted by Crippen LogP contribution is -2.37. The highest BCUT2D eigenvalue weighted by molar-refractivity contribution is 7.54. The van der Waals surface area contributed by atoms with Crippen molar-refractivity contribution in [2.45, 2.75) is 32.9 Å². The van der Waals surface area contributed by atoms with Gasteiger partial charge in [0, 0.05) is 6.42 Å². The Morgan fingerprint density at radius 3 is 2.24 bits per heavy atom. The third-order valence-corrected chi connectivity index (χ3v) is 4.41. The number of amides is 1. The predicted octanol–water partition coefficient (Wildman–Crippen LogP) is 1.04. The summed E-state index contributed by atoms with van der Waals surface area (Å²) in [5.74, 6) is -0.922. The van der Waals surface area contributed by atoms with E-state index in [0.29, 0.717) is 0 Å². The highest BCUT2D eigenvalue weighted by atomic mass is 31.2. The Morgan fingerprint density at radius 1 is 1.41 bits per heavy atom. The minimum absolute atomic E-state index is 0.0726. The highest BCUT2D eigenvalue weighted by Gasteiger charge is 2.33. The Labute approximate surface area is 101 Å². The average Bonchev–Trinajstić information content (AvgIpc) is 2.16. The number of carbonyl (C=O) groups is 1. The molecule has 17 heavy (non-hydrogen) atoms. The molecule has 0 aliphatic carbocycles. The van der Waals surface area contributed by atoms with Crippen molar-refractivity contribution in [2.24, 2.45) is 5.73 Å². The fourth-order valence-electron chi connectivity index (χ4n) is 1.23. The van der Waals surface area contributed by atoms with Crippen LogP contribution in [0.5, 0.6) is 0 Å². The average molecular weight is 265 g/mol. The first-order valence-electron chi connectivity index (χ1n) is 5.38. The van der Waals surface area contributed by atoms with E-state index in [-0.39, 0.29) is 19.6 Å². The molecule has 0 aliphatic rings. The molecule has 7 nitrogen and oxygen atoms in total. The molecule has 8 heteroatoms. The molecule has 0 fully saturated rings. The van der Waals surface area contributed by atoms with E-state index in [2.05, 4.69) is 5.32 Å². The highest BCUT2D eigenvalue weighted by Crippen LogP contribution is 2.53. The maximum Gasteiger partial charge on any atom is 0.333 e. The maximum atomic E-state index is 12.2. The predicted molar refractivity (Wildman–Crippen MR) is 65.0 cm³/mol. The van der Waals surface area contributed by atoms with E-state index in [1.165, 1.54) is 0 Å². The molecule has 0 saturated heterocycles. The number of rotatable bonds is 7. The molecule has 0 aromatic heterocycles. The van der Waals surface area contributed by atoms with E-state index < -0.39 is 25.1 Å². The Kier molecular flexibility index (Phi) is 7.03. The van der Waals surface area contributed by atoms with Crippen LogP contribution < -0.4 is 11.1 Å². The summed E-state index contributed by atoms with van der Waals surface area (Å²) >= 11 is 0. The zero-order chi connectivity index (χ0) is 13.5. The van der Waals surface area contributed by atoms with Crippen LogP contribution in [0.1, 0.15) is 27.2 Å². The number of guanidine groups is 1. The summed E-state index contributed by atoms with van der Waals surface area (Å²) < 4.78 is 22.4. The van der Waals surface area contributed by atoms with Crippen molar-refractivity contribution in [1.82, 2.24) is 5.32 Å². The van der Waals surface area contributed by atoms with Crippen LogP contribution in [0.15, 0.2) is 0 Å². The molecule has 0 radical (unpaired) electrons. The molecule has 0 bridgehead atoms. The summed E-state index contributed by atoms with van der Waals surface area (Å²) in [6, 6.07) is 0. The Morgan fingerprint density at radius 2 is 1.88 bits per heavy atom. The van der Waals surface area contributed by atoms with Crippen LogP contribution in [0, 0.1) is 5.41 Å². The van der Waals surface area contributed by atoms with Crippen LogP contribution in [-0.2, 0) is 18.4 Å². The summed E-state index contributed by atoms with van der Waals surface area (Å²) in [7, 11) is -3.28. The van der Waals surface area contributed by atoms with E-state index >= 15 is 0 Å². The number of hydrogen-bond acceptors (Lipinski definition) is 5. The summed E-state index contributed by atoms with van der Waals surface area (Å²) in [6.07, 6.45) is -0.0726. The van der Waals surface area contributed by atoms with Gasteiger partial charge in [-0.1, -0.05) is 6.92 Å². The van der Waals surface area contributed by atoms with E-state index in [4.69, 9.17) is 20.2 Å². The van der Waals surface area contributed by atoms with Gasteiger partial charge in [-0.15, -0.1) is 0 Å². The van der Waals surface area contributed by atoms with Crippen molar-refractivity contribution in [1.29, 1.82) is 5.41 Å². The molecule has 0 saturated carbocycles. The van der Waals surface area contributed by atoms with Gasteiger partial charge in [-0.25, -0.2) is 0 Å². The van der Waals surface area contributed by atoms with Crippen molar-refractivity contribution < 1.29 is 18.4 Å². The maximum absolute atomic E-state index is 12.2. The number of hydrogen-bond donors (Lipinski definition) is 3. The van der Waals surface area contributed by atoms with E-state index in [1.54, 1.807) is 20.8 Å². The lowest BCUT2D eigenvalue weighted by Gasteiger charge is -2.22. The molecule has 0 heterocycles. The van der Waals surface area contributed by atoms with E-state index in [1.807, 2.05) is 0 Å². The molecule has 1 atom stereocenters. The molecule has 0 aromatic carbocycles. The van der Waals surface area contributed by atoms with Gasteiger partial charge >= 0.3 is 7.60 Å². The standard InChI is InChI=1S/C9H20N3O4P/c1-4-15-17(14,16-5-2)7(3)6-8(13)12-9(10)11/h7H,4-6H2,1-3H3,(H4,10,11,12,13). The zero-order valence-corrected chi connectivity index (χ0v) is 11.3. The summed E-state index contributed by atoms with van der Waals surface area (Å²) in [5, 5.41) is 9.02. The molecule has 4 N–H and O–H groups in total. The van der Waals surface area contributed by atoms with Gasteiger partial charge in [0.2, 0.25) is 5.91 Å². The monoisotopic (exact) mass is 265 g/mol. The summed E-state index contributed by atoms with van der Waals surface area (Å²) in [5.41, 5.74) is 4.43. The first-order valence-corrected chi connectivity index (χ1v) is 6.99. The Hall–Kier alpha value is -0.910. The van der Waals surface area contributed by atoms with Crippen LogP contribution in [0.2, 0.25) is 0 Å². The summed E-state index contributed by atoms with van der Waals surface area (Å²) in [6.45, 7) is 5.50. The molecule has 0 aliphatic heterocycles. The minimum atomic E-state index is -3.28. The van der Waals surface area contributed by atoms with Crippen molar-refractivity contribution in [2.75, 3.05) is 13.2 Å². The fraction of sp³-hybridized carbons (Fsp3) is 0.778. The number of nitrogens with two attached hydrogens (primary N) is 1. The van der Waals surface area contributed by atoms with Gasteiger partial charge in [0.25, 0.3) is 0 Å². The van der Waals surface area contributed by atoms with Gasteiger partial charge < -0.3 is 14.8 Å². The normalized spacial score (nSPS) is 13.1. The fourth-order valence-corrected chi connectivity index (χ4v) is 2.93. The smallest absolute Gasteiger partial charge is 0.333 e. The minimum Gasteiger partial charge on any atom is -0.370 e. The lowest BCUT2D eigenvalue weighted by atomic mass is 10.3. The largest absolute Gasteiger partial charge is 0.370 e. The zero-order valence-electron chi connectivity index (χ0n) is 10.4. The lowest BCUT2D eigenvalue weighted by molar-refractivity contribution is -0.119. The Bertz CT molecular complexity index is 311. The molecular formula is C9H20N3O4P. The van der Waals surface area contributed by atoms with Crippen LogP contribution in [-0.4, -0.2) is 30.7 Å². The van der Waals surface area contributed by atoms with E-state index in [0.717, 1.165) is 0 Å². The Balaban J connectivity index is 4.52. The van der Waals surface area contributed by atoms with Crippen LogP contribution in [0.4, 0.5) is 0 Å². The first-order chi connectivity index (χ1) is 7.85. The van der Waals surface area contributed by atoms with Gasteiger partial charge in [-0.3, -0.25) is 20.1 Å². The number of nitrogens with one attached hydrogen (secondary N) is 2. The van der Waals surface area contributed by atoms with Crippen LogP contribution in [0.3, 0.4) is 0 Å². The van der Waals surface area contributed by atoms with Crippen LogP contribution >= 0.6 is 7.60 Å². The van der Waals surface area contributed by atoms with Gasteiger partial charge in [0.15, 0.2) is 5.96 Å². The molecular weight excluding hydrogens is 245 g/mol. The SMILES string of the molecule is CCOP(=O)(OCC)C(C)CC(=O)NC(=N)N. The quantitative estimate of drug-likeness (QED) is 0.361. The van der Waals surface area contributed by atoms with Gasteiger partial charge in [-0.2, -0.15) is 0 Å². The second-order valence-electron chi connectivity index (χ2n) is 3.39. The van der Waals surface area contributed by atoms with E-state index in [9.17, 15) is 9.36 Å². The molecule has 0 spiro atoms. The van der Waals surface area contributed by atoms with Gasteiger partial charge in [0.05, 0.1) is 18.9 Å². The molecule has 100 valence electrons. The van der Waals surface area contributed by atoms with Gasteiger partial charge in [0.1, 0.15) is 0 Å².